The van der Waals surface area contributed by atoms with Crippen LogP contribution in [0.25, 0.3) is 16.9 Å². The van der Waals surface area contributed by atoms with Gasteiger partial charge in [0.15, 0.2) is 28.9 Å². The Morgan fingerprint density at radius 1 is 0.889 bits per heavy atom. The quantitative estimate of drug-likeness (QED) is 0.179. The second-order valence-electron chi connectivity index (χ2n) is 7.63. The molecule has 0 aliphatic carbocycles. The lowest BCUT2D eigenvalue weighted by atomic mass is 10.1. The summed E-state index contributed by atoms with van der Waals surface area (Å²) in [5.74, 6) is -4.33. The van der Waals surface area contributed by atoms with E-state index >= 15 is 0 Å². The Morgan fingerprint density at radius 3 is 2.47 bits per heavy atom. The highest BCUT2D eigenvalue weighted by Gasteiger charge is 2.19. The van der Waals surface area contributed by atoms with Crippen LogP contribution in [0.1, 0.15) is 0 Å². The van der Waals surface area contributed by atoms with E-state index in [-0.39, 0.29) is 0 Å². The van der Waals surface area contributed by atoms with Gasteiger partial charge in [0.25, 0.3) is 0 Å². The molecule has 180 valence electrons. The summed E-state index contributed by atoms with van der Waals surface area (Å²) >= 11 is 5.55. The molecule has 0 unspecified atom stereocenters. The van der Waals surface area contributed by atoms with Gasteiger partial charge in [0.05, 0.1) is 16.4 Å². The van der Waals surface area contributed by atoms with Crippen molar-refractivity contribution in [3.05, 3.63) is 102 Å². The van der Waals surface area contributed by atoms with Crippen LogP contribution in [0.3, 0.4) is 0 Å². The summed E-state index contributed by atoms with van der Waals surface area (Å²) < 4.78 is 42.8. The number of imidazole rings is 1. The maximum atomic E-state index is 14.0. The molecule has 0 bridgehead atoms. The fourth-order valence-corrected chi connectivity index (χ4v) is 3.71. The van der Waals surface area contributed by atoms with Crippen molar-refractivity contribution in [2.24, 2.45) is 0 Å². The van der Waals surface area contributed by atoms with Crippen molar-refractivity contribution < 1.29 is 18.0 Å². The van der Waals surface area contributed by atoms with Crippen LogP contribution in [-0.2, 0) is 0 Å². The standard InChI is InChI=1S/C25H16ClF3N6O/c26-17-12-18(21(28)22(29)20(17)27)34-25(36)32-16-8-4-5-14(11-16)19-13-35-10-9-30-24(35)23(33-19)31-15-6-2-1-3-7-15/h1-13H,(H,31,33)(H2,32,34,36). The van der Waals surface area contributed by atoms with E-state index in [9.17, 15) is 18.0 Å². The Balaban J connectivity index is 1.40. The molecule has 0 radical (unpaired) electrons. The summed E-state index contributed by atoms with van der Waals surface area (Å²) in [4.78, 5) is 21.5. The first-order valence-electron chi connectivity index (χ1n) is 10.6. The van der Waals surface area contributed by atoms with E-state index < -0.39 is 34.2 Å². The van der Waals surface area contributed by atoms with E-state index in [1.165, 1.54) is 0 Å². The number of carbonyl (C=O) groups is 1. The van der Waals surface area contributed by atoms with E-state index in [0.717, 1.165) is 11.8 Å². The van der Waals surface area contributed by atoms with Gasteiger partial charge in [0.1, 0.15) is 0 Å². The van der Waals surface area contributed by atoms with Crippen molar-refractivity contribution in [1.29, 1.82) is 0 Å². The molecule has 3 aromatic carbocycles. The lowest BCUT2D eigenvalue weighted by Crippen LogP contribution is -2.20. The average Bonchev–Trinajstić information content (AvgIpc) is 3.36. The Labute approximate surface area is 207 Å². The molecule has 2 heterocycles. The minimum atomic E-state index is -1.78. The van der Waals surface area contributed by atoms with Crippen molar-refractivity contribution in [2.75, 3.05) is 16.0 Å². The third-order valence-electron chi connectivity index (χ3n) is 5.18. The van der Waals surface area contributed by atoms with Gasteiger partial charge in [-0.2, -0.15) is 0 Å². The number of amides is 2. The van der Waals surface area contributed by atoms with Gasteiger partial charge in [-0.25, -0.2) is 27.9 Å². The highest BCUT2D eigenvalue weighted by molar-refractivity contribution is 6.31. The van der Waals surface area contributed by atoms with Crippen LogP contribution < -0.4 is 16.0 Å². The van der Waals surface area contributed by atoms with E-state index in [2.05, 4.69) is 20.9 Å². The number of hydrogen-bond acceptors (Lipinski definition) is 4. The average molecular weight is 509 g/mol. The van der Waals surface area contributed by atoms with Crippen LogP contribution >= 0.6 is 11.6 Å². The fraction of sp³-hybridized carbons (Fsp3) is 0. The van der Waals surface area contributed by atoms with Gasteiger partial charge in [0, 0.05) is 35.5 Å². The van der Waals surface area contributed by atoms with Gasteiger partial charge >= 0.3 is 6.03 Å². The predicted octanol–water partition coefficient (Wildman–Crippen LogP) is 6.85. The first-order chi connectivity index (χ1) is 17.4. The zero-order valence-corrected chi connectivity index (χ0v) is 19.0. The number of aromatic nitrogens is 3. The summed E-state index contributed by atoms with van der Waals surface area (Å²) in [7, 11) is 0. The molecule has 5 rings (SSSR count). The SMILES string of the molecule is O=C(Nc1cccc(-c2cn3ccnc3c(Nc3ccccc3)n2)c1)Nc1cc(Cl)c(F)c(F)c1F. The Kier molecular flexibility index (Phi) is 6.17. The molecule has 5 aromatic rings. The maximum Gasteiger partial charge on any atom is 0.323 e. The van der Waals surface area contributed by atoms with Crippen LogP contribution in [0, 0.1) is 17.5 Å². The third-order valence-corrected chi connectivity index (χ3v) is 5.45. The molecule has 0 spiro atoms. The molecule has 0 aliphatic heterocycles. The first kappa shape index (κ1) is 23.2. The van der Waals surface area contributed by atoms with Crippen molar-refractivity contribution in [2.45, 2.75) is 0 Å². The largest absolute Gasteiger partial charge is 0.337 e. The number of carbonyl (C=O) groups excluding carboxylic acids is 1. The molecule has 2 amide bonds. The second-order valence-corrected chi connectivity index (χ2v) is 8.04. The molecule has 11 heteroatoms. The fourth-order valence-electron chi connectivity index (χ4n) is 3.52. The summed E-state index contributed by atoms with van der Waals surface area (Å²) in [6, 6.07) is 16.2. The monoisotopic (exact) mass is 508 g/mol. The number of nitrogens with zero attached hydrogens (tertiary/aromatic N) is 3. The topological polar surface area (TPSA) is 83.4 Å². The van der Waals surface area contributed by atoms with E-state index in [1.807, 2.05) is 34.7 Å². The Morgan fingerprint density at radius 2 is 1.67 bits per heavy atom. The minimum Gasteiger partial charge on any atom is -0.337 e. The zero-order valence-electron chi connectivity index (χ0n) is 18.3. The predicted molar refractivity (Wildman–Crippen MR) is 132 cm³/mol. The second kappa shape index (κ2) is 9.59. The molecule has 0 saturated carbocycles. The number of para-hydroxylation sites is 1. The molecule has 7 nitrogen and oxygen atoms in total. The van der Waals surface area contributed by atoms with E-state index in [4.69, 9.17) is 16.6 Å². The Hall–Kier alpha value is -4.57. The van der Waals surface area contributed by atoms with Crippen LogP contribution in [0.5, 0.6) is 0 Å². The van der Waals surface area contributed by atoms with Crippen molar-refractivity contribution in [3.8, 4) is 11.3 Å². The van der Waals surface area contributed by atoms with Gasteiger partial charge in [-0.05, 0) is 30.3 Å². The van der Waals surface area contributed by atoms with Gasteiger partial charge in [-0.1, -0.05) is 41.9 Å². The summed E-state index contributed by atoms with van der Waals surface area (Å²) in [5, 5.41) is 7.26. The number of fused-ring (bicyclic) bond motifs is 1. The number of urea groups is 1. The number of benzene rings is 3. The summed E-state index contributed by atoms with van der Waals surface area (Å²) in [6.45, 7) is 0. The minimum absolute atomic E-state index is 0.351. The van der Waals surface area contributed by atoms with Gasteiger partial charge in [-0.3, -0.25) is 0 Å². The Bertz CT molecular complexity index is 1590. The highest BCUT2D eigenvalue weighted by Crippen LogP contribution is 2.28. The number of rotatable bonds is 5. The first-order valence-corrected chi connectivity index (χ1v) is 10.9. The lowest BCUT2D eigenvalue weighted by Gasteiger charge is -2.12. The maximum absolute atomic E-state index is 14.0. The smallest absolute Gasteiger partial charge is 0.323 e. The van der Waals surface area contributed by atoms with Crippen LogP contribution in [-0.4, -0.2) is 20.4 Å². The van der Waals surface area contributed by atoms with Crippen LogP contribution in [0.15, 0.2) is 79.3 Å². The molecule has 0 atom stereocenters. The molecule has 0 saturated heterocycles. The number of anilines is 4. The van der Waals surface area contributed by atoms with Gasteiger partial charge in [0.2, 0.25) is 0 Å². The van der Waals surface area contributed by atoms with Crippen LogP contribution in [0.2, 0.25) is 5.02 Å². The lowest BCUT2D eigenvalue weighted by molar-refractivity contribution is 0.262. The number of nitrogens with one attached hydrogen (secondary N) is 3. The molecule has 36 heavy (non-hydrogen) atoms. The molecule has 3 N–H and O–H groups in total. The zero-order chi connectivity index (χ0) is 25.2. The van der Waals surface area contributed by atoms with Crippen molar-refractivity contribution in [1.82, 2.24) is 14.4 Å². The number of halogens is 4. The van der Waals surface area contributed by atoms with Crippen LogP contribution in [0.4, 0.5) is 40.8 Å². The van der Waals surface area contributed by atoms with Gasteiger partial charge < -0.3 is 20.4 Å². The summed E-state index contributed by atoms with van der Waals surface area (Å²) in [6.07, 6.45) is 5.23. The molecular weight excluding hydrogens is 493 g/mol. The number of hydrogen-bond donors (Lipinski definition) is 3. The molecule has 0 aliphatic rings. The van der Waals surface area contributed by atoms with E-state index in [0.29, 0.717) is 28.4 Å². The normalized spacial score (nSPS) is 10.9. The van der Waals surface area contributed by atoms with E-state index in [1.54, 1.807) is 42.9 Å². The molecule has 0 fully saturated rings. The molecular formula is C25H16ClF3N6O. The van der Waals surface area contributed by atoms with Crippen molar-refractivity contribution >= 4 is 46.2 Å². The van der Waals surface area contributed by atoms with Gasteiger partial charge in [-0.15, -0.1) is 0 Å². The molecule has 2 aromatic heterocycles. The highest BCUT2D eigenvalue weighted by atomic mass is 35.5. The third kappa shape index (κ3) is 4.66. The summed E-state index contributed by atoms with van der Waals surface area (Å²) in [5.41, 5.74) is 2.47. The van der Waals surface area contributed by atoms with Crippen molar-refractivity contribution in [3.63, 3.8) is 0 Å².